The molecule has 1 atom stereocenters. The van der Waals surface area contributed by atoms with Crippen LogP contribution in [0.5, 0.6) is 0 Å². The van der Waals surface area contributed by atoms with E-state index in [1.807, 2.05) is 29.2 Å². The molecule has 3 heteroatoms. The minimum Gasteiger partial charge on any atom is -0.331 e. The molecule has 0 bridgehead atoms. The molecule has 2 nitrogen and oxygen atoms in total. The van der Waals surface area contributed by atoms with Crippen molar-refractivity contribution in [2.45, 2.75) is 26.3 Å². The first kappa shape index (κ1) is 14.2. The Hall–Kier alpha value is -1.80. The molecule has 108 valence electrons. The van der Waals surface area contributed by atoms with E-state index >= 15 is 0 Å². The van der Waals surface area contributed by atoms with Crippen LogP contribution in [0, 0.1) is 6.92 Å². The number of carbonyl (C=O) groups is 1. The highest BCUT2D eigenvalue weighted by molar-refractivity contribution is 6.30. The monoisotopic (exact) mass is 299 g/mol. The lowest BCUT2D eigenvalue weighted by Crippen LogP contribution is -2.39. The van der Waals surface area contributed by atoms with Gasteiger partial charge >= 0.3 is 0 Å². The number of aryl methyl sites for hydroxylation is 1. The Labute approximate surface area is 130 Å². The van der Waals surface area contributed by atoms with Gasteiger partial charge in [-0.15, -0.1) is 0 Å². The Bertz CT molecular complexity index is 678. The first-order valence-corrected chi connectivity index (χ1v) is 7.56. The summed E-state index contributed by atoms with van der Waals surface area (Å²) in [6.45, 7) is 4.49. The van der Waals surface area contributed by atoms with Gasteiger partial charge in [0, 0.05) is 18.5 Å². The molecule has 2 aromatic rings. The molecule has 1 aliphatic rings. The molecule has 2 aromatic carbocycles. The summed E-state index contributed by atoms with van der Waals surface area (Å²) >= 11 is 5.99. The third kappa shape index (κ3) is 2.68. The predicted molar refractivity (Wildman–Crippen MR) is 85.6 cm³/mol. The Morgan fingerprint density at radius 3 is 2.57 bits per heavy atom. The van der Waals surface area contributed by atoms with Crippen molar-refractivity contribution in [3.05, 3.63) is 69.7 Å². The largest absolute Gasteiger partial charge is 0.331 e. The molecule has 0 saturated carbocycles. The topological polar surface area (TPSA) is 20.3 Å². The van der Waals surface area contributed by atoms with Crippen LogP contribution in [0.4, 0.5) is 0 Å². The van der Waals surface area contributed by atoms with Crippen LogP contribution in [0.3, 0.4) is 0 Å². The quantitative estimate of drug-likeness (QED) is 0.775. The van der Waals surface area contributed by atoms with E-state index in [9.17, 15) is 4.79 Å². The van der Waals surface area contributed by atoms with Gasteiger partial charge in [-0.3, -0.25) is 4.79 Å². The SMILES string of the molecule is CC(=O)N1CCc2ccc(C)cc2C1c1ccc(Cl)cc1. The molecular weight excluding hydrogens is 282 g/mol. The molecule has 0 radical (unpaired) electrons. The highest BCUT2D eigenvalue weighted by Crippen LogP contribution is 2.36. The number of rotatable bonds is 1. The van der Waals surface area contributed by atoms with Gasteiger partial charge < -0.3 is 4.90 Å². The molecule has 1 aliphatic heterocycles. The van der Waals surface area contributed by atoms with E-state index in [1.165, 1.54) is 16.7 Å². The maximum absolute atomic E-state index is 12.0. The summed E-state index contributed by atoms with van der Waals surface area (Å²) in [5, 5.41) is 0.716. The summed E-state index contributed by atoms with van der Waals surface area (Å²) in [5.41, 5.74) is 4.90. The molecule has 1 heterocycles. The fourth-order valence-electron chi connectivity index (χ4n) is 3.08. The first-order chi connectivity index (χ1) is 10.1. The summed E-state index contributed by atoms with van der Waals surface area (Å²) < 4.78 is 0. The molecule has 1 unspecified atom stereocenters. The smallest absolute Gasteiger partial charge is 0.220 e. The van der Waals surface area contributed by atoms with Crippen LogP contribution in [0.15, 0.2) is 42.5 Å². The van der Waals surface area contributed by atoms with Gasteiger partial charge in [0.25, 0.3) is 0 Å². The van der Waals surface area contributed by atoms with Gasteiger partial charge in [0.15, 0.2) is 0 Å². The Morgan fingerprint density at radius 1 is 1.19 bits per heavy atom. The number of carbonyl (C=O) groups excluding carboxylic acids is 1. The van der Waals surface area contributed by atoms with Crippen molar-refractivity contribution >= 4 is 17.5 Å². The van der Waals surface area contributed by atoms with Crippen LogP contribution in [0.1, 0.15) is 35.2 Å². The average molecular weight is 300 g/mol. The lowest BCUT2D eigenvalue weighted by Gasteiger charge is -2.37. The molecule has 3 rings (SSSR count). The second-order valence-electron chi connectivity index (χ2n) is 5.62. The summed E-state index contributed by atoms with van der Waals surface area (Å²) in [4.78, 5) is 14.0. The molecule has 0 aliphatic carbocycles. The average Bonchev–Trinajstić information content (AvgIpc) is 2.47. The number of halogens is 1. The summed E-state index contributed by atoms with van der Waals surface area (Å²) in [6, 6.07) is 14.3. The van der Waals surface area contributed by atoms with E-state index in [1.54, 1.807) is 6.92 Å². The van der Waals surface area contributed by atoms with E-state index in [0.29, 0.717) is 5.02 Å². The minimum atomic E-state index is -0.0107. The second kappa shape index (κ2) is 5.53. The standard InChI is InChI=1S/C18H18ClNO/c1-12-3-4-14-9-10-20(13(2)21)18(17(14)11-12)15-5-7-16(19)8-6-15/h3-8,11,18H,9-10H2,1-2H3. The van der Waals surface area contributed by atoms with Gasteiger partial charge in [-0.25, -0.2) is 0 Å². The fraction of sp³-hybridized carbons (Fsp3) is 0.278. The van der Waals surface area contributed by atoms with Crippen LogP contribution in [-0.2, 0) is 11.2 Å². The van der Waals surface area contributed by atoms with E-state index in [4.69, 9.17) is 11.6 Å². The van der Waals surface area contributed by atoms with Gasteiger partial charge in [-0.1, -0.05) is 47.5 Å². The van der Waals surface area contributed by atoms with E-state index in [0.717, 1.165) is 18.5 Å². The van der Waals surface area contributed by atoms with Gasteiger partial charge in [-0.2, -0.15) is 0 Å². The summed E-state index contributed by atoms with van der Waals surface area (Å²) in [6.07, 6.45) is 0.916. The van der Waals surface area contributed by atoms with Crippen LogP contribution in [-0.4, -0.2) is 17.4 Å². The number of fused-ring (bicyclic) bond motifs is 1. The van der Waals surface area contributed by atoms with Crippen LogP contribution < -0.4 is 0 Å². The second-order valence-corrected chi connectivity index (χ2v) is 6.06. The summed E-state index contributed by atoms with van der Waals surface area (Å²) in [7, 11) is 0. The zero-order chi connectivity index (χ0) is 15.0. The van der Waals surface area contributed by atoms with Crippen molar-refractivity contribution in [1.82, 2.24) is 4.90 Å². The maximum atomic E-state index is 12.0. The van der Waals surface area contributed by atoms with Crippen LogP contribution in [0.25, 0.3) is 0 Å². The van der Waals surface area contributed by atoms with Crippen molar-refractivity contribution in [2.24, 2.45) is 0 Å². The molecule has 0 fully saturated rings. The number of benzene rings is 2. The number of nitrogens with zero attached hydrogens (tertiary/aromatic N) is 1. The zero-order valence-corrected chi connectivity index (χ0v) is 13.0. The predicted octanol–water partition coefficient (Wildman–Crippen LogP) is 4.14. The molecular formula is C18H18ClNO. The van der Waals surface area contributed by atoms with Gasteiger partial charge in [0.05, 0.1) is 6.04 Å². The highest BCUT2D eigenvalue weighted by atomic mass is 35.5. The van der Waals surface area contributed by atoms with Crippen molar-refractivity contribution in [3.63, 3.8) is 0 Å². The van der Waals surface area contributed by atoms with Crippen LogP contribution in [0.2, 0.25) is 5.02 Å². The molecule has 1 amide bonds. The van der Waals surface area contributed by atoms with Crippen molar-refractivity contribution in [2.75, 3.05) is 6.54 Å². The van der Waals surface area contributed by atoms with Crippen molar-refractivity contribution < 1.29 is 4.79 Å². The Kier molecular flexibility index (Phi) is 3.73. The third-order valence-electron chi connectivity index (χ3n) is 4.12. The number of amides is 1. The van der Waals surface area contributed by atoms with E-state index in [2.05, 4.69) is 25.1 Å². The Balaban J connectivity index is 2.14. The molecule has 0 aromatic heterocycles. The normalized spacial score (nSPS) is 17.5. The van der Waals surface area contributed by atoms with Crippen molar-refractivity contribution in [3.8, 4) is 0 Å². The molecule has 0 saturated heterocycles. The zero-order valence-electron chi connectivity index (χ0n) is 12.3. The van der Waals surface area contributed by atoms with Gasteiger partial charge in [0.1, 0.15) is 0 Å². The van der Waals surface area contributed by atoms with Crippen LogP contribution >= 0.6 is 11.6 Å². The minimum absolute atomic E-state index is 0.0107. The maximum Gasteiger partial charge on any atom is 0.220 e. The highest BCUT2D eigenvalue weighted by Gasteiger charge is 2.30. The molecule has 0 spiro atoms. The summed E-state index contributed by atoms with van der Waals surface area (Å²) in [5.74, 6) is 0.113. The van der Waals surface area contributed by atoms with Crippen molar-refractivity contribution in [1.29, 1.82) is 0 Å². The molecule has 21 heavy (non-hydrogen) atoms. The lowest BCUT2D eigenvalue weighted by atomic mass is 9.87. The number of hydrogen-bond acceptors (Lipinski definition) is 1. The molecule has 0 N–H and O–H groups in total. The van der Waals surface area contributed by atoms with E-state index in [-0.39, 0.29) is 11.9 Å². The Morgan fingerprint density at radius 2 is 1.90 bits per heavy atom. The van der Waals surface area contributed by atoms with Gasteiger partial charge in [0.2, 0.25) is 5.91 Å². The first-order valence-electron chi connectivity index (χ1n) is 7.18. The number of hydrogen-bond donors (Lipinski definition) is 0. The third-order valence-corrected chi connectivity index (χ3v) is 4.37. The fourth-order valence-corrected chi connectivity index (χ4v) is 3.20. The van der Waals surface area contributed by atoms with E-state index < -0.39 is 0 Å². The van der Waals surface area contributed by atoms with Gasteiger partial charge in [-0.05, 0) is 42.2 Å². The lowest BCUT2D eigenvalue weighted by molar-refractivity contribution is -0.130.